The summed E-state index contributed by atoms with van der Waals surface area (Å²) in [5.41, 5.74) is 1.18. The standard InChI is InChI=1S/C26H31F2N3O5/c1-14(2)15(3)24(32)18-13-31(9-8-21(18)30-26(34)36-5)23-12-29-22(11-17(23)25(33)35-4)16-6-7-19(27)20(28)10-16/h6-7,10-12,14-15,18,21H,8-9,13H2,1-5H3,(H,30,34). The van der Waals surface area contributed by atoms with E-state index >= 15 is 0 Å². The molecule has 2 heterocycles. The molecule has 0 aliphatic carbocycles. The van der Waals surface area contributed by atoms with Crippen molar-refractivity contribution in [1.82, 2.24) is 10.3 Å². The van der Waals surface area contributed by atoms with Gasteiger partial charge in [-0.3, -0.25) is 9.78 Å². The second kappa shape index (κ2) is 11.5. The van der Waals surface area contributed by atoms with Crippen LogP contribution in [-0.4, -0.2) is 56.2 Å². The summed E-state index contributed by atoms with van der Waals surface area (Å²) in [6.45, 7) is 6.44. The predicted molar refractivity (Wildman–Crippen MR) is 130 cm³/mol. The molecule has 1 aliphatic rings. The summed E-state index contributed by atoms with van der Waals surface area (Å²) in [5, 5.41) is 2.77. The van der Waals surface area contributed by atoms with Gasteiger partial charge >= 0.3 is 12.1 Å². The van der Waals surface area contributed by atoms with Gasteiger partial charge in [0.15, 0.2) is 11.6 Å². The molecule has 0 spiro atoms. The Morgan fingerprint density at radius 1 is 1.08 bits per heavy atom. The molecular formula is C26H31F2N3O5. The SMILES string of the molecule is COC(=O)NC1CCN(c2cnc(-c3ccc(F)c(F)c3)cc2C(=O)OC)CC1C(=O)C(C)C(C)C. The van der Waals surface area contributed by atoms with Crippen molar-refractivity contribution in [2.45, 2.75) is 33.2 Å². The summed E-state index contributed by atoms with van der Waals surface area (Å²) in [7, 11) is 2.51. The molecule has 1 fully saturated rings. The molecule has 8 nitrogen and oxygen atoms in total. The van der Waals surface area contributed by atoms with Gasteiger partial charge < -0.3 is 19.7 Å². The first-order valence-corrected chi connectivity index (χ1v) is 11.7. The van der Waals surface area contributed by atoms with Crippen LogP contribution in [0.15, 0.2) is 30.5 Å². The average molecular weight is 504 g/mol. The second-order valence-electron chi connectivity index (χ2n) is 9.23. The number of methoxy groups -OCH3 is 2. The van der Waals surface area contributed by atoms with E-state index in [2.05, 4.69) is 10.3 Å². The Morgan fingerprint density at radius 3 is 2.42 bits per heavy atom. The smallest absolute Gasteiger partial charge is 0.407 e. The van der Waals surface area contributed by atoms with E-state index in [0.717, 1.165) is 12.1 Å². The molecule has 2 aromatic rings. The highest BCUT2D eigenvalue weighted by atomic mass is 19.2. The highest BCUT2D eigenvalue weighted by molar-refractivity contribution is 5.97. The topological polar surface area (TPSA) is 97.8 Å². The number of nitrogens with zero attached hydrogens (tertiary/aromatic N) is 2. The van der Waals surface area contributed by atoms with Crippen LogP contribution in [0.3, 0.4) is 0 Å². The van der Waals surface area contributed by atoms with Gasteiger partial charge in [0.25, 0.3) is 0 Å². The van der Waals surface area contributed by atoms with Crippen LogP contribution in [0.25, 0.3) is 11.3 Å². The van der Waals surface area contributed by atoms with Crippen LogP contribution in [0.4, 0.5) is 19.3 Å². The minimum absolute atomic E-state index is 0.00193. The maximum Gasteiger partial charge on any atom is 0.407 e. The van der Waals surface area contributed by atoms with Gasteiger partial charge in [0.1, 0.15) is 5.78 Å². The molecule has 0 saturated carbocycles. The monoisotopic (exact) mass is 503 g/mol. The van der Waals surface area contributed by atoms with E-state index < -0.39 is 35.7 Å². The van der Waals surface area contributed by atoms with Gasteiger partial charge in [-0.15, -0.1) is 0 Å². The predicted octanol–water partition coefficient (Wildman–Crippen LogP) is 4.23. The Balaban J connectivity index is 1.98. The number of pyridine rings is 1. The summed E-state index contributed by atoms with van der Waals surface area (Å²) >= 11 is 0. The molecule has 1 amide bonds. The molecule has 1 aromatic heterocycles. The van der Waals surface area contributed by atoms with Crippen LogP contribution in [0, 0.1) is 29.4 Å². The van der Waals surface area contributed by atoms with Crippen LogP contribution in [0.5, 0.6) is 0 Å². The quantitative estimate of drug-likeness (QED) is 0.565. The summed E-state index contributed by atoms with van der Waals surface area (Å²) in [4.78, 5) is 44.2. The van der Waals surface area contributed by atoms with Gasteiger partial charge in [0, 0.05) is 30.6 Å². The maximum atomic E-state index is 13.8. The number of hydrogen-bond acceptors (Lipinski definition) is 7. The zero-order valence-corrected chi connectivity index (χ0v) is 21.0. The Morgan fingerprint density at radius 2 is 1.81 bits per heavy atom. The number of halogens is 2. The van der Waals surface area contributed by atoms with E-state index in [9.17, 15) is 23.2 Å². The lowest BCUT2D eigenvalue weighted by molar-refractivity contribution is -0.128. The number of ether oxygens (including phenoxy) is 2. The van der Waals surface area contributed by atoms with Crippen LogP contribution in [-0.2, 0) is 14.3 Å². The van der Waals surface area contributed by atoms with Crippen molar-refractivity contribution in [3.05, 3.63) is 47.7 Å². The first-order chi connectivity index (χ1) is 17.1. The first-order valence-electron chi connectivity index (χ1n) is 11.7. The molecule has 194 valence electrons. The van der Waals surface area contributed by atoms with Crippen molar-refractivity contribution in [3.8, 4) is 11.3 Å². The molecule has 3 unspecified atom stereocenters. The van der Waals surface area contributed by atoms with E-state index in [1.165, 1.54) is 32.5 Å². The largest absolute Gasteiger partial charge is 0.465 e. The number of hydrogen-bond donors (Lipinski definition) is 1. The molecule has 1 aromatic carbocycles. The fourth-order valence-electron chi connectivity index (χ4n) is 4.30. The molecule has 3 rings (SSSR count). The zero-order chi connectivity index (χ0) is 26.6. The molecule has 36 heavy (non-hydrogen) atoms. The molecule has 0 radical (unpaired) electrons. The number of amides is 1. The van der Waals surface area contributed by atoms with Crippen molar-refractivity contribution < 1.29 is 32.6 Å². The fourth-order valence-corrected chi connectivity index (χ4v) is 4.30. The maximum absolute atomic E-state index is 13.8. The van der Waals surface area contributed by atoms with E-state index in [1.54, 1.807) is 0 Å². The lowest BCUT2D eigenvalue weighted by Gasteiger charge is -2.40. The number of nitrogens with one attached hydrogen (secondary N) is 1. The Bertz CT molecular complexity index is 1140. The molecule has 1 saturated heterocycles. The highest BCUT2D eigenvalue weighted by Crippen LogP contribution is 2.32. The summed E-state index contributed by atoms with van der Waals surface area (Å²) in [6.07, 6.45) is 1.28. The van der Waals surface area contributed by atoms with Crippen molar-refractivity contribution in [2.24, 2.45) is 17.8 Å². The van der Waals surface area contributed by atoms with Crippen LogP contribution >= 0.6 is 0 Å². The number of aromatic nitrogens is 1. The number of anilines is 1. The molecule has 3 atom stereocenters. The molecule has 10 heteroatoms. The van der Waals surface area contributed by atoms with Crippen LogP contribution < -0.4 is 10.2 Å². The Kier molecular flexibility index (Phi) is 8.60. The number of piperidine rings is 1. The summed E-state index contributed by atoms with van der Waals surface area (Å²) in [6, 6.07) is 4.39. The third-order valence-corrected chi connectivity index (χ3v) is 6.76. The van der Waals surface area contributed by atoms with Gasteiger partial charge in [-0.1, -0.05) is 20.8 Å². The number of rotatable bonds is 7. The van der Waals surface area contributed by atoms with Gasteiger partial charge in [-0.2, -0.15) is 0 Å². The number of benzene rings is 1. The number of esters is 1. The lowest BCUT2D eigenvalue weighted by atomic mass is 9.79. The van der Waals surface area contributed by atoms with Gasteiger partial charge in [0.2, 0.25) is 0 Å². The van der Waals surface area contributed by atoms with Crippen molar-refractivity contribution in [2.75, 3.05) is 32.2 Å². The molecule has 0 bridgehead atoms. The normalized spacial score (nSPS) is 18.5. The van der Waals surface area contributed by atoms with E-state index in [4.69, 9.17) is 9.47 Å². The average Bonchev–Trinajstić information content (AvgIpc) is 2.88. The first kappa shape index (κ1) is 27.0. The van der Waals surface area contributed by atoms with Gasteiger partial charge in [-0.05, 0) is 36.6 Å². The highest BCUT2D eigenvalue weighted by Gasteiger charge is 2.39. The van der Waals surface area contributed by atoms with E-state index in [-0.39, 0.29) is 35.4 Å². The molecular weight excluding hydrogens is 472 g/mol. The number of carbonyl (C=O) groups is 3. The number of carbonyl (C=O) groups excluding carboxylic acids is 3. The van der Waals surface area contributed by atoms with E-state index in [1.807, 2.05) is 25.7 Å². The fraction of sp³-hybridized carbons (Fsp3) is 0.462. The Hall–Kier alpha value is -3.56. The van der Waals surface area contributed by atoms with Crippen LogP contribution in [0.1, 0.15) is 37.6 Å². The van der Waals surface area contributed by atoms with Crippen molar-refractivity contribution in [1.29, 1.82) is 0 Å². The zero-order valence-electron chi connectivity index (χ0n) is 21.0. The summed E-state index contributed by atoms with van der Waals surface area (Å²) in [5.74, 6) is -3.34. The number of Topliss-reactive ketones (excluding diaryl/α,β-unsaturated/α-hetero) is 1. The third-order valence-electron chi connectivity index (χ3n) is 6.76. The minimum Gasteiger partial charge on any atom is -0.465 e. The minimum atomic E-state index is -1.03. The molecule has 1 N–H and O–H groups in total. The van der Waals surface area contributed by atoms with Crippen LogP contribution in [0.2, 0.25) is 0 Å². The number of alkyl carbamates (subject to hydrolysis) is 1. The number of ketones is 1. The van der Waals surface area contributed by atoms with Crippen molar-refractivity contribution in [3.63, 3.8) is 0 Å². The Labute approximate surface area is 209 Å². The van der Waals surface area contributed by atoms with Crippen molar-refractivity contribution >= 4 is 23.5 Å². The second-order valence-corrected chi connectivity index (χ2v) is 9.23. The summed E-state index contributed by atoms with van der Waals surface area (Å²) < 4.78 is 36.9. The third kappa shape index (κ3) is 5.80. The molecule has 1 aliphatic heterocycles. The lowest BCUT2D eigenvalue weighted by Crippen LogP contribution is -2.55. The van der Waals surface area contributed by atoms with Gasteiger partial charge in [-0.25, -0.2) is 18.4 Å². The van der Waals surface area contributed by atoms with Gasteiger partial charge in [0.05, 0.1) is 43.3 Å². The van der Waals surface area contributed by atoms with E-state index in [0.29, 0.717) is 24.2 Å².